The van der Waals surface area contributed by atoms with Crippen LogP contribution in [-0.2, 0) is 11.3 Å². The maximum atomic E-state index is 14.0. The number of nitrogens with one attached hydrogen (secondary N) is 3. The summed E-state index contributed by atoms with van der Waals surface area (Å²) in [6, 6.07) is 1.59. The van der Waals surface area contributed by atoms with Crippen molar-refractivity contribution in [1.29, 1.82) is 0 Å². The van der Waals surface area contributed by atoms with E-state index in [0.29, 0.717) is 42.6 Å². The lowest BCUT2D eigenvalue weighted by Gasteiger charge is -2.35. The van der Waals surface area contributed by atoms with Crippen molar-refractivity contribution >= 4 is 23.4 Å². The Balaban J connectivity index is 0.000000369. The number of anilines is 1. The van der Waals surface area contributed by atoms with Crippen LogP contribution in [0.2, 0.25) is 0 Å². The third-order valence-corrected chi connectivity index (χ3v) is 9.31. The molecule has 3 aliphatic rings. The van der Waals surface area contributed by atoms with Gasteiger partial charge in [0.25, 0.3) is 11.7 Å². The molecule has 49 heavy (non-hydrogen) atoms. The van der Waals surface area contributed by atoms with E-state index in [1.165, 1.54) is 12.8 Å². The number of fused-ring (bicyclic) bond motifs is 1. The first-order chi connectivity index (χ1) is 23.3. The number of hydrogen-bond donors (Lipinski definition) is 3. The molecule has 270 valence electrons. The molecule has 3 aromatic rings. The fourth-order valence-corrected chi connectivity index (χ4v) is 6.44. The number of nitrogens with zero attached hydrogens (tertiary/aromatic N) is 7. The predicted octanol–water partition coefficient (Wildman–Crippen LogP) is 4.60. The summed E-state index contributed by atoms with van der Waals surface area (Å²) in [6.45, 7) is 8.32. The molecular formula is C32H45F5N10O2. The van der Waals surface area contributed by atoms with Crippen LogP contribution in [0.5, 0.6) is 0 Å². The van der Waals surface area contributed by atoms with Crippen molar-refractivity contribution in [1.82, 2.24) is 45.3 Å². The Hall–Kier alpha value is -3.89. The van der Waals surface area contributed by atoms with Crippen LogP contribution >= 0.6 is 0 Å². The van der Waals surface area contributed by atoms with E-state index in [2.05, 4.69) is 25.9 Å². The molecule has 0 radical (unpaired) electrons. The van der Waals surface area contributed by atoms with E-state index >= 15 is 0 Å². The second-order valence-corrected chi connectivity index (χ2v) is 13.0. The number of halogens is 5. The monoisotopic (exact) mass is 696 g/mol. The van der Waals surface area contributed by atoms with E-state index in [4.69, 9.17) is 15.1 Å². The van der Waals surface area contributed by atoms with Crippen LogP contribution in [0.1, 0.15) is 93.1 Å². The van der Waals surface area contributed by atoms with Crippen LogP contribution in [0.3, 0.4) is 0 Å². The van der Waals surface area contributed by atoms with Gasteiger partial charge in [0, 0.05) is 64.2 Å². The van der Waals surface area contributed by atoms with Gasteiger partial charge >= 0.3 is 6.18 Å². The van der Waals surface area contributed by atoms with E-state index in [1.54, 1.807) is 34.6 Å². The second kappa shape index (κ2) is 15.3. The third-order valence-electron chi connectivity index (χ3n) is 9.31. The van der Waals surface area contributed by atoms with Gasteiger partial charge in [-0.15, -0.1) is 0 Å². The maximum Gasteiger partial charge on any atom is 0.390 e. The fourth-order valence-electron chi connectivity index (χ4n) is 6.44. The largest absolute Gasteiger partial charge is 0.390 e. The SMILES string of the molecule is CCC(=O)NCCC(F)(F)F.CCn1nccc1C(=O)NC(c1cn2nc(C)c(N3CCNC(C4CC4)C3)nc2n1)C1CCC(F)(F)CC1. The predicted molar refractivity (Wildman–Crippen MR) is 171 cm³/mol. The van der Waals surface area contributed by atoms with Gasteiger partial charge in [-0.2, -0.15) is 28.4 Å². The van der Waals surface area contributed by atoms with E-state index < -0.39 is 24.6 Å². The first-order valence-corrected chi connectivity index (χ1v) is 17.0. The van der Waals surface area contributed by atoms with Crippen LogP contribution in [0.15, 0.2) is 18.5 Å². The van der Waals surface area contributed by atoms with Gasteiger partial charge in [-0.05, 0) is 57.4 Å². The molecule has 2 unspecified atom stereocenters. The summed E-state index contributed by atoms with van der Waals surface area (Å²) in [5.74, 6) is -1.48. The molecule has 4 heterocycles. The Morgan fingerprint density at radius 1 is 1.12 bits per heavy atom. The smallest absolute Gasteiger partial charge is 0.356 e. The molecule has 2 atom stereocenters. The van der Waals surface area contributed by atoms with Crippen LogP contribution in [0.4, 0.5) is 27.8 Å². The molecule has 2 amide bonds. The highest BCUT2D eigenvalue weighted by molar-refractivity contribution is 5.92. The van der Waals surface area contributed by atoms with Crippen molar-refractivity contribution < 1.29 is 31.5 Å². The Kier molecular flexibility index (Phi) is 11.4. The van der Waals surface area contributed by atoms with Gasteiger partial charge in [-0.25, -0.2) is 18.3 Å². The van der Waals surface area contributed by atoms with Crippen LogP contribution in [-0.4, -0.2) is 85.5 Å². The minimum Gasteiger partial charge on any atom is -0.356 e. The van der Waals surface area contributed by atoms with Crippen molar-refractivity contribution in [2.45, 2.75) is 103 Å². The fraction of sp³-hybridized carbons (Fsp3) is 0.688. The van der Waals surface area contributed by atoms with E-state index in [9.17, 15) is 31.5 Å². The number of aromatic nitrogens is 6. The Morgan fingerprint density at radius 2 is 1.86 bits per heavy atom. The average Bonchev–Trinajstić information content (AvgIpc) is 3.66. The maximum absolute atomic E-state index is 14.0. The molecule has 2 saturated carbocycles. The molecular weight excluding hydrogens is 651 g/mol. The minimum atomic E-state index is -4.18. The van der Waals surface area contributed by atoms with Gasteiger partial charge in [0.1, 0.15) is 11.4 Å². The molecule has 3 aromatic heterocycles. The number of imidazole rings is 1. The van der Waals surface area contributed by atoms with Gasteiger partial charge < -0.3 is 20.9 Å². The summed E-state index contributed by atoms with van der Waals surface area (Å²) in [4.78, 5) is 35.6. The Morgan fingerprint density at radius 3 is 2.51 bits per heavy atom. The van der Waals surface area contributed by atoms with Crippen molar-refractivity contribution in [2.24, 2.45) is 11.8 Å². The van der Waals surface area contributed by atoms with Crippen molar-refractivity contribution in [2.75, 3.05) is 31.1 Å². The second-order valence-electron chi connectivity index (χ2n) is 13.0. The summed E-state index contributed by atoms with van der Waals surface area (Å²) in [5.41, 5.74) is 1.83. The number of alkyl halides is 5. The molecule has 3 N–H and O–H groups in total. The summed E-state index contributed by atoms with van der Waals surface area (Å²) >= 11 is 0. The topological polar surface area (TPSA) is 134 Å². The lowest BCUT2D eigenvalue weighted by atomic mass is 9.81. The van der Waals surface area contributed by atoms with Gasteiger partial charge in [0.15, 0.2) is 5.82 Å². The molecule has 6 rings (SSSR count). The third kappa shape index (κ3) is 9.63. The number of carbonyl (C=O) groups excluding carboxylic acids is 2. The molecule has 17 heteroatoms. The summed E-state index contributed by atoms with van der Waals surface area (Å²) < 4.78 is 65.6. The van der Waals surface area contributed by atoms with Crippen LogP contribution in [0, 0.1) is 18.8 Å². The van der Waals surface area contributed by atoms with E-state index in [0.717, 1.165) is 37.1 Å². The highest BCUT2D eigenvalue weighted by Gasteiger charge is 2.40. The normalized spacial score (nSPS) is 20.4. The van der Waals surface area contributed by atoms with Gasteiger partial charge in [-0.1, -0.05) is 6.92 Å². The Bertz CT molecular complexity index is 1580. The lowest BCUT2D eigenvalue weighted by molar-refractivity contribution is -0.135. The quantitative estimate of drug-likeness (QED) is 0.262. The number of hydrogen-bond acceptors (Lipinski definition) is 8. The van der Waals surface area contributed by atoms with Gasteiger partial charge in [-0.3, -0.25) is 14.3 Å². The van der Waals surface area contributed by atoms with Gasteiger partial charge in [0.2, 0.25) is 11.8 Å². The zero-order valence-corrected chi connectivity index (χ0v) is 28.1. The highest BCUT2D eigenvalue weighted by Crippen LogP contribution is 2.41. The highest BCUT2D eigenvalue weighted by atomic mass is 19.4. The van der Waals surface area contributed by atoms with E-state index in [1.807, 2.05) is 13.8 Å². The first-order valence-electron chi connectivity index (χ1n) is 17.0. The number of rotatable bonds is 10. The molecule has 0 aromatic carbocycles. The number of piperazine rings is 1. The molecule has 1 aliphatic heterocycles. The van der Waals surface area contributed by atoms with Crippen LogP contribution in [0.25, 0.3) is 5.78 Å². The number of aryl methyl sites for hydroxylation is 2. The van der Waals surface area contributed by atoms with Crippen molar-refractivity contribution in [3.8, 4) is 0 Å². The molecule has 1 saturated heterocycles. The van der Waals surface area contributed by atoms with Gasteiger partial charge in [0.05, 0.1) is 24.4 Å². The minimum absolute atomic E-state index is 0.172. The van der Waals surface area contributed by atoms with E-state index in [-0.39, 0.29) is 43.5 Å². The summed E-state index contributed by atoms with van der Waals surface area (Å²) in [5, 5.41) is 17.8. The zero-order chi connectivity index (χ0) is 35.3. The first kappa shape index (κ1) is 36.4. The van der Waals surface area contributed by atoms with Crippen LogP contribution < -0.4 is 20.9 Å². The standard InChI is InChI=1S/C26H35F2N9O.C6H10F3NO/c1-3-36-21(8-11-30-36)24(38)32-22(18-6-9-26(27,28)10-7-18)20-15-37-25(31-20)33-23(16(2)34-37)35-13-12-29-19(14-35)17-4-5-17;1-2-5(11)10-4-3-6(7,8)9/h8,11,15,17-19,22,29H,3-7,9-10,12-14H2,1-2H3,(H,32,38);2-4H2,1H3,(H,10,11). The molecule has 12 nitrogen and oxygen atoms in total. The Labute approximate surface area is 281 Å². The summed E-state index contributed by atoms with van der Waals surface area (Å²) in [7, 11) is 0. The average molecular weight is 697 g/mol. The molecule has 3 fully saturated rings. The summed E-state index contributed by atoms with van der Waals surface area (Å²) in [6.07, 6.45) is 1.19. The lowest BCUT2D eigenvalue weighted by Crippen LogP contribution is -2.52. The number of carbonyl (C=O) groups is 2. The molecule has 2 aliphatic carbocycles. The zero-order valence-electron chi connectivity index (χ0n) is 28.1. The van der Waals surface area contributed by atoms with Crippen molar-refractivity contribution in [3.05, 3.63) is 35.5 Å². The molecule has 0 bridgehead atoms. The molecule has 0 spiro atoms. The number of amides is 2. The van der Waals surface area contributed by atoms with Crippen molar-refractivity contribution in [3.63, 3.8) is 0 Å².